The van der Waals surface area contributed by atoms with Crippen LogP contribution in [0.2, 0.25) is 0 Å². The highest BCUT2D eigenvalue weighted by atomic mass is 19.1. The third-order valence-electron chi connectivity index (χ3n) is 8.65. The number of pyridine rings is 1. The first-order chi connectivity index (χ1) is 22.2. The highest BCUT2D eigenvalue weighted by Crippen LogP contribution is 2.41. The Bertz CT molecular complexity index is 2220. The van der Waals surface area contributed by atoms with Gasteiger partial charge in [-0.15, -0.1) is 0 Å². The number of hydrogen-bond donors (Lipinski definition) is 0. The molecule has 3 heterocycles. The third kappa shape index (κ3) is 5.04. The van der Waals surface area contributed by atoms with Gasteiger partial charge in [-0.25, -0.2) is 14.1 Å². The molecule has 3 aromatic heterocycles. The van der Waals surface area contributed by atoms with Crippen molar-refractivity contribution in [1.82, 2.24) is 19.3 Å². The van der Waals surface area contributed by atoms with Crippen molar-refractivity contribution >= 4 is 21.8 Å². The van der Waals surface area contributed by atoms with Crippen molar-refractivity contribution in [2.24, 2.45) is 0 Å². The fourth-order valence-electron chi connectivity index (χ4n) is 6.64. The molecule has 0 spiro atoms. The highest BCUT2D eigenvalue weighted by molar-refractivity contribution is 6.09. The number of benzene rings is 4. The summed E-state index contributed by atoms with van der Waals surface area (Å²) in [6, 6.07) is 31.5. The molecular formula is C40H37FN4O. The topological polar surface area (TPSA) is 44.9 Å². The minimum atomic E-state index is -0.332. The summed E-state index contributed by atoms with van der Waals surface area (Å²) in [4.78, 5) is 4.49. The van der Waals surface area contributed by atoms with E-state index in [-0.39, 0.29) is 17.7 Å². The van der Waals surface area contributed by atoms with Crippen LogP contribution in [-0.2, 0) is 0 Å². The zero-order valence-electron chi connectivity index (χ0n) is 27.0. The fourth-order valence-corrected chi connectivity index (χ4v) is 6.64. The minimum Gasteiger partial charge on any atom is -0.457 e. The van der Waals surface area contributed by atoms with Crippen molar-refractivity contribution in [3.63, 3.8) is 0 Å². The number of fused-ring (bicyclic) bond motifs is 3. The van der Waals surface area contributed by atoms with Crippen molar-refractivity contribution in [3.05, 3.63) is 132 Å². The smallest absolute Gasteiger partial charge is 0.140 e. The molecule has 7 rings (SSSR count). The molecule has 6 heteroatoms. The molecule has 0 saturated carbocycles. The summed E-state index contributed by atoms with van der Waals surface area (Å²) in [7, 11) is 0. The average molecular weight is 609 g/mol. The lowest BCUT2D eigenvalue weighted by molar-refractivity contribution is 0.482. The van der Waals surface area contributed by atoms with Gasteiger partial charge in [0.2, 0.25) is 0 Å². The van der Waals surface area contributed by atoms with Crippen LogP contribution in [-0.4, -0.2) is 19.3 Å². The van der Waals surface area contributed by atoms with Crippen LogP contribution in [0.3, 0.4) is 0 Å². The minimum absolute atomic E-state index is 0.235. The van der Waals surface area contributed by atoms with Crippen LogP contribution in [0.5, 0.6) is 11.5 Å². The summed E-state index contributed by atoms with van der Waals surface area (Å²) in [6.45, 7) is 13.3. The molecule has 0 aliphatic carbocycles. The number of ether oxygens (including phenoxy) is 1. The second kappa shape index (κ2) is 11.6. The molecule has 0 bridgehead atoms. The van der Waals surface area contributed by atoms with Crippen LogP contribution in [0.25, 0.3) is 44.4 Å². The quantitative estimate of drug-likeness (QED) is 0.181. The number of aryl methyl sites for hydroxylation is 2. The van der Waals surface area contributed by atoms with E-state index in [2.05, 4.69) is 87.6 Å². The normalized spacial score (nSPS) is 11.8. The second-order valence-corrected chi connectivity index (χ2v) is 12.6. The summed E-state index contributed by atoms with van der Waals surface area (Å²) in [6.07, 6.45) is 1.49. The van der Waals surface area contributed by atoms with Gasteiger partial charge in [0.15, 0.2) is 0 Å². The lowest BCUT2D eigenvalue weighted by Crippen LogP contribution is -2.05. The van der Waals surface area contributed by atoms with Gasteiger partial charge in [0.25, 0.3) is 0 Å². The Morgan fingerprint density at radius 2 is 1.39 bits per heavy atom. The molecule has 0 aliphatic rings. The van der Waals surface area contributed by atoms with Crippen LogP contribution < -0.4 is 4.74 Å². The Balaban J connectivity index is 1.33. The van der Waals surface area contributed by atoms with E-state index >= 15 is 0 Å². The fraction of sp³-hybridized carbons (Fsp3) is 0.200. The standard InChI is InChI=1S/C40H37FN4O/c1-24(2)39-38(37-26(5)11-9-12-27(37)6)40(25(3)4)45(43-39)29-13-10-14-30(22-29)46-31-17-18-33-32-15-7-8-16-34(32)44(35(33)23-31)36-21-28(41)19-20-42-36/h7-25H,1-6H3. The summed E-state index contributed by atoms with van der Waals surface area (Å²) in [5.41, 5.74) is 10.1. The van der Waals surface area contributed by atoms with E-state index in [1.807, 2.05) is 53.1 Å². The molecule has 5 nitrogen and oxygen atoms in total. The van der Waals surface area contributed by atoms with E-state index in [0.717, 1.165) is 33.2 Å². The molecule has 46 heavy (non-hydrogen) atoms. The van der Waals surface area contributed by atoms with Crippen LogP contribution in [0.4, 0.5) is 4.39 Å². The molecule has 0 N–H and O–H groups in total. The molecule has 0 saturated heterocycles. The maximum absolute atomic E-state index is 14.3. The number of nitrogens with zero attached hydrogens (tertiary/aromatic N) is 4. The van der Waals surface area contributed by atoms with Gasteiger partial charge in [0.05, 0.1) is 28.1 Å². The first-order valence-electron chi connectivity index (χ1n) is 15.8. The molecule has 0 radical (unpaired) electrons. The Morgan fingerprint density at radius 3 is 2.13 bits per heavy atom. The van der Waals surface area contributed by atoms with Gasteiger partial charge in [-0.3, -0.25) is 4.57 Å². The zero-order chi connectivity index (χ0) is 32.1. The third-order valence-corrected chi connectivity index (χ3v) is 8.65. The number of halogens is 1. The average Bonchev–Trinajstić information content (AvgIpc) is 3.58. The van der Waals surface area contributed by atoms with E-state index in [4.69, 9.17) is 9.84 Å². The predicted molar refractivity (Wildman–Crippen MR) is 185 cm³/mol. The Labute approximate surface area is 268 Å². The van der Waals surface area contributed by atoms with Gasteiger partial charge < -0.3 is 4.74 Å². The lowest BCUT2D eigenvalue weighted by atomic mass is 9.88. The van der Waals surface area contributed by atoms with E-state index in [0.29, 0.717) is 17.3 Å². The molecule has 0 fully saturated rings. The van der Waals surface area contributed by atoms with Gasteiger partial charge in [0, 0.05) is 40.7 Å². The van der Waals surface area contributed by atoms with Crippen molar-refractivity contribution < 1.29 is 9.13 Å². The molecule has 0 atom stereocenters. The molecule has 7 aromatic rings. The number of para-hydroxylation sites is 1. The van der Waals surface area contributed by atoms with Crippen LogP contribution in [0.1, 0.15) is 62.0 Å². The van der Waals surface area contributed by atoms with Gasteiger partial charge >= 0.3 is 0 Å². The van der Waals surface area contributed by atoms with Gasteiger partial charge in [-0.2, -0.15) is 5.10 Å². The van der Waals surface area contributed by atoms with E-state index < -0.39 is 0 Å². The van der Waals surface area contributed by atoms with E-state index in [1.54, 1.807) is 0 Å². The van der Waals surface area contributed by atoms with Gasteiger partial charge in [-0.1, -0.05) is 70.2 Å². The SMILES string of the molecule is Cc1cccc(C)c1-c1c(C(C)C)nn(-c2cccc(Oc3ccc4c5ccccc5n(-c5cc(F)ccn5)c4c3)c2)c1C(C)C. The summed E-state index contributed by atoms with van der Waals surface area (Å²) in [5, 5.41) is 7.36. The molecule has 230 valence electrons. The summed E-state index contributed by atoms with van der Waals surface area (Å²) in [5.74, 6) is 2.05. The Morgan fingerprint density at radius 1 is 0.674 bits per heavy atom. The first-order valence-corrected chi connectivity index (χ1v) is 15.8. The van der Waals surface area contributed by atoms with Crippen LogP contribution >= 0.6 is 0 Å². The van der Waals surface area contributed by atoms with Crippen molar-refractivity contribution in [3.8, 4) is 34.1 Å². The maximum Gasteiger partial charge on any atom is 0.140 e. The number of aromatic nitrogens is 4. The summed E-state index contributed by atoms with van der Waals surface area (Å²) < 4.78 is 24.9. The van der Waals surface area contributed by atoms with Gasteiger partial charge in [-0.05, 0) is 78.8 Å². The lowest BCUT2D eigenvalue weighted by Gasteiger charge is -2.17. The molecule has 0 aliphatic heterocycles. The largest absolute Gasteiger partial charge is 0.457 e. The molecule has 0 unspecified atom stereocenters. The van der Waals surface area contributed by atoms with Gasteiger partial charge in [0.1, 0.15) is 23.1 Å². The van der Waals surface area contributed by atoms with E-state index in [9.17, 15) is 4.39 Å². The number of rotatable bonds is 7. The first kappa shape index (κ1) is 29.5. The second-order valence-electron chi connectivity index (χ2n) is 12.6. The molecular weight excluding hydrogens is 571 g/mol. The van der Waals surface area contributed by atoms with Crippen molar-refractivity contribution in [2.45, 2.75) is 53.4 Å². The van der Waals surface area contributed by atoms with Crippen LogP contribution in [0.15, 0.2) is 103 Å². The highest BCUT2D eigenvalue weighted by Gasteiger charge is 2.26. The van der Waals surface area contributed by atoms with Crippen molar-refractivity contribution in [2.75, 3.05) is 0 Å². The van der Waals surface area contributed by atoms with Crippen molar-refractivity contribution in [1.29, 1.82) is 0 Å². The molecule has 4 aromatic carbocycles. The number of hydrogen-bond acceptors (Lipinski definition) is 3. The predicted octanol–water partition coefficient (Wildman–Crippen LogP) is 10.8. The summed E-state index contributed by atoms with van der Waals surface area (Å²) >= 11 is 0. The van der Waals surface area contributed by atoms with Crippen LogP contribution in [0, 0.1) is 19.7 Å². The molecule has 0 amide bonds. The Hall–Kier alpha value is -5.23. The zero-order valence-corrected chi connectivity index (χ0v) is 27.0. The van der Waals surface area contributed by atoms with E-state index in [1.165, 1.54) is 46.3 Å². The Kier molecular flexibility index (Phi) is 7.44. The maximum atomic E-state index is 14.3. The monoisotopic (exact) mass is 608 g/mol.